The van der Waals surface area contributed by atoms with Crippen LogP contribution in [0.25, 0.3) is 0 Å². The number of amides is 1. The maximum atomic E-state index is 13.0. The van der Waals surface area contributed by atoms with Gasteiger partial charge in [-0.1, -0.05) is 29.8 Å². The molecular formula is C21H19ClN2O2. The second-order valence-corrected chi connectivity index (χ2v) is 6.72. The van der Waals surface area contributed by atoms with E-state index in [1.54, 1.807) is 29.2 Å². The summed E-state index contributed by atoms with van der Waals surface area (Å²) in [6, 6.07) is 14.8. The summed E-state index contributed by atoms with van der Waals surface area (Å²) in [5.74, 6) is 0.569. The molecule has 1 aliphatic rings. The van der Waals surface area contributed by atoms with Crippen molar-refractivity contribution in [2.75, 3.05) is 13.2 Å². The minimum Gasteiger partial charge on any atom is -0.492 e. The topological polar surface area (TPSA) is 53.3 Å². The highest BCUT2D eigenvalue weighted by Crippen LogP contribution is 2.30. The highest BCUT2D eigenvalue weighted by Gasteiger charge is 2.29. The molecule has 0 aromatic heterocycles. The smallest absolute Gasteiger partial charge is 0.230 e. The molecule has 2 aromatic carbocycles. The number of rotatable bonds is 5. The van der Waals surface area contributed by atoms with Crippen molar-refractivity contribution in [1.29, 1.82) is 5.26 Å². The van der Waals surface area contributed by atoms with E-state index < -0.39 is 0 Å². The summed E-state index contributed by atoms with van der Waals surface area (Å²) in [6.45, 7) is 5.04. The van der Waals surface area contributed by atoms with Gasteiger partial charge in [0.1, 0.15) is 12.4 Å². The van der Waals surface area contributed by atoms with Crippen LogP contribution in [0.15, 0.2) is 55.1 Å². The van der Waals surface area contributed by atoms with E-state index in [2.05, 4.69) is 12.6 Å². The van der Waals surface area contributed by atoms with E-state index in [1.807, 2.05) is 24.3 Å². The Hall–Kier alpha value is -2.77. The summed E-state index contributed by atoms with van der Waals surface area (Å²) in [4.78, 5) is 14.8. The molecule has 0 N–H and O–H groups in total. The third-order valence-electron chi connectivity index (χ3n) is 4.40. The largest absolute Gasteiger partial charge is 0.492 e. The van der Waals surface area contributed by atoms with Crippen molar-refractivity contribution in [3.05, 3.63) is 76.8 Å². The Bertz CT molecular complexity index is 855. The first-order valence-electron chi connectivity index (χ1n) is 8.40. The third-order valence-corrected chi connectivity index (χ3v) is 4.63. The molecule has 0 saturated heterocycles. The fourth-order valence-corrected chi connectivity index (χ4v) is 3.27. The van der Waals surface area contributed by atoms with Crippen molar-refractivity contribution in [3.8, 4) is 11.8 Å². The van der Waals surface area contributed by atoms with E-state index in [0.717, 1.165) is 16.9 Å². The maximum absolute atomic E-state index is 13.0. The van der Waals surface area contributed by atoms with E-state index in [0.29, 0.717) is 36.7 Å². The molecule has 0 bridgehead atoms. The minimum atomic E-state index is -0.251. The lowest BCUT2D eigenvalue weighted by Gasteiger charge is -2.30. The Kier molecular flexibility index (Phi) is 5.60. The second kappa shape index (κ2) is 8.07. The molecule has 1 amide bonds. The van der Waals surface area contributed by atoms with Gasteiger partial charge in [-0.05, 0) is 47.9 Å². The van der Waals surface area contributed by atoms with Crippen molar-refractivity contribution < 1.29 is 9.53 Å². The minimum absolute atomic E-state index is 0.0277. The fourth-order valence-electron chi connectivity index (χ4n) is 3.07. The van der Waals surface area contributed by atoms with Crippen molar-refractivity contribution in [2.24, 2.45) is 5.92 Å². The Balaban J connectivity index is 1.74. The SMILES string of the molecule is C=CCN(Cc1ccc(C#N)cc1)C(=O)C1COc2ccc(Cl)cc2C1. The molecule has 132 valence electrons. The van der Waals surface area contributed by atoms with Crippen molar-refractivity contribution in [2.45, 2.75) is 13.0 Å². The number of fused-ring (bicyclic) bond motifs is 1. The quantitative estimate of drug-likeness (QED) is 0.752. The van der Waals surface area contributed by atoms with Crippen LogP contribution in [0.3, 0.4) is 0 Å². The summed E-state index contributed by atoms with van der Waals surface area (Å²) in [7, 11) is 0. The molecule has 0 aliphatic carbocycles. The molecule has 2 aromatic rings. The average Bonchev–Trinajstić information content (AvgIpc) is 2.67. The molecule has 0 spiro atoms. The van der Waals surface area contributed by atoms with Crippen LogP contribution < -0.4 is 4.74 Å². The van der Waals surface area contributed by atoms with Gasteiger partial charge >= 0.3 is 0 Å². The summed E-state index contributed by atoms with van der Waals surface area (Å²) in [5, 5.41) is 9.54. The van der Waals surface area contributed by atoms with Gasteiger partial charge in [0, 0.05) is 18.1 Å². The van der Waals surface area contributed by atoms with Crippen molar-refractivity contribution in [3.63, 3.8) is 0 Å². The number of ether oxygens (including phenoxy) is 1. The first-order valence-corrected chi connectivity index (χ1v) is 8.78. The number of halogens is 1. The number of carbonyl (C=O) groups is 1. The van der Waals surface area contributed by atoms with Gasteiger partial charge in [-0.3, -0.25) is 4.79 Å². The monoisotopic (exact) mass is 366 g/mol. The molecular weight excluding hydrogens is 348 g/mol. The molecule has 5 heteroatoms. The molecule has 0 fully saturated rings. The predicted octanol–water partition coefficient (Wildman–Crippen LogP) is 3.98. The molecule has 3 rings (SSSR count). The number of hydrogen-bond donors (Lipinski definition) is 0. The van der Waals surface area contributed by atoms with Crippen molar-refractivity contribution >= 4 is 17.5 Å². The first kappa shape index (κ1) is 18.0. The summed E-state index contributed by atoms with van der Waals surface area (Å²) in [6.07, 6.45) is 2.33. The predicted molar refractivity (Wildman–Crippen MR) is 101 cm³/mol. The molecule has 26 heavy (non-hydrogen) atoms. The molecule has 1 atom stereocenters. The lowest BCUT2D eigenvalue weighted by Crippen LogP contribution is -2.40. The normalized spacial score (nSPS) is 15.3. The number of hydrogen-bond acceptors (Lipinski definition) is 3. The highest BCUT2D eigenvalue weighted by molar-refractivity contribution is 6.30. The van der Waals surface area contributed by atoms with Gasteiger partial charge in [-0.15, -0.1) is 6.58 Å². The van der Waals surface area contributed by atoms with Crippen LogP contribution in [0.1, 0.15) is 16.7 Å². The maximum Gasteiger partial charge on any atom is 0.230 e. The zero-order valence-electron chi connectivity index (χ0n) is 14.3. The van der Waals surface area contributed by atoms with E-state index in [1.165, 1.54) is 0 Å². The second-order valence-electron chi connectivity index (χ2n) is 6.28. The van der Waals surface area contributed by atoms with Gasteiger partial charge in [0.15, 0.2) is 0 Å². The first-order chi connectivity index (χ1) is 12.6. The number of nitrogens with zero attached hydrogens (tertiary/aromatic N) is 2. The Morgan fingerprint density at radius 2 is 2.12 bits per heavy atom. The van der Waals surface area contributed by atoms with Crippen LogP contribution in [0.4, 0.5) is 0 Å². The van der Waals surface area contributed by atoms with Gasteiger partial charge in [0.25, 0.3) is 0 Å². The molecule has 4 nitrogen and oxygen atoms in total. The lowest BCUT2D eigenvalue weighted by molar-refractivity contribution is -0.137. The average molecular weight is 367 g/mol. The van der Waals surface area contributed by atoms with Crippen molar-refractivity contribution in [1.82, 2.24) is 4.90 Å². The van der Waals surface area contributed by atoms with Gasteiger partial charge in [0.2, 0.25) is 5.91 Å². The van der Waals surface area contributed by atoms with Crippen LogP contribution >= 0.6 is 11.6 Å². The van der Waals surface area contributed by atoms with Gasteiger partial charge < -0.3 is 9.64 Å². The lowest BCUT2D eigenvalue weighted by atomic mass is 9.95. The molecule has 1 heterocycles. The van der Waals surface area contributed by atoms with Crippen LogP contribution in [-0.4, -0.2) is 24.0 Å². The molecule has 0 saturated carbocycles. The van der Waals surface area contributed by atoms with Gasteiger partial charge in [-0.25, -0.2) is 0 Å². The Labute approximate surface area is 158 Å². The summed E-state index contributed by atoms with van der Waals surface area (Å²) in [5.41, 5.74) is 2.53. The highest BCUT2D eigenvalue weighted by atomic mass is 35.5. The number of nitriles is 1. The Morgan fingerprint density at radius 3 is 2.81 bits per heavy atom. The van der Waals surface area contributed by atoms with Crippen LogP contribution in [0, 0.1) is 17.2 Å². The fraction of sp³-hybridized carbons (Fsp3) is 0.238. The Morgan fingerprint density at radius 1 is 1.35 bits per heavy atom. The van der Waals surface area contributed by atoms with E-state index in [-0.39, 0.29) is 11.8 Å². The van der Waals surface area contributed by atoms with Crippen LogP contribution in [-0.2, 0) is 17.8 Å². The number of carbonyl (C=O) groups excluding carboxylic acids is 1. The van der Waals surface area contributed by atoms with E-state index >= 15 is 0 Å². The zero-order valence-corrected chi connectivity index (χ0v) is 15.1. The van der Waals surface area contributed by atoms with E-state index in [9.17, 15) is 4.79 Å². The standard InChI is InChI=1S/C21H19ClN2O2/c1-2-9-24(13-16-5-3-15(12-23)4-6-16)21(25)18-10-17-11-19(22)7-8-20(17)26-14-18/h2-8,11,18H,1,9-10,13-14H2. The summed E-state index contributed by atoms with van der Waals surface area (Å²) < 4.78 is 5.75. The summed E-state index contributed by atoms with van der Waals surface area (Å²) >= 11 is 6.06. The molecule has 1 aliphatic heterocycles. The van der Waals surface area contributed by atoms with Crippen LogP contribution in [0.5, 0.6) is 5.75 Å². The van der Waals surface area contributed by atoms with Crippen LogP contribution in [0.2, 0.25) is 5.02 Å². The molecule has 0 radical (unpaired) electrons. The zero-order chi connectivity index (χ0) is 18.5. The third kappa shape index (κ3) is 4.07. The number of benzene rings is 2. The molecule has 1 unspecified atom stereocenters. The van der Waals surface area contributed by atoms with Gasteiger partial charge in [-0.2, -0.15) is 5.26 Å². The van der Waals surface area contributed by atoms with Gasteiger partial charge in [0.05, 0.1) is 17.6 Å². The van der Waals surface area contributed by atoms with E-state index in [4.69, 9.17) is 21.6 Å².